The summed E-state index contributed by atoms with van der Waals surface area (Å²) in [5.74, 6) is 0.622. The quantitative estimate of drug-likeness (QED) is 0.820. The minimum absolute atomic E-state index is 0.0691. The Bertz CT molecular complexity index is 523. The van der Waals surface area contributed by atoms with Gasteiger partial charge in [0.1, 0.15) is 17.5 Å². The lowest BCUT2D eigenvalue weighted by Gasteiger charge is -2.34. The van der Waals surface area contributed by atoms with E-state index in [2.05, 4.69) is 9.97 Å². The maximum absolute atomic E-state index is 11.9. The third kappa shape index (κ3) is 2.73. The van der Waals surface area contributed by atoms with Gasteiger partial charge in [-0.15, -0.1) is 0 Å². The molecule has 0 bridgehead atoms. The van der Waals surface area contributed by atoms with Crippen molar-refractivity contribution in [2.75, 3.05) is 36.8 Å². The Morgan fingerprint density at radius 1 is 1.53 bits per heavy atom. The highest BCUT2D eigenvalue weighted by Crippen LogP contribution is 2.15. The first-order valence-corrected chi connectivity index (χ1v) is 6.21. The number of rotatable bonds is 3. The molecule has 0 unspecified atom stereocenters. The smallest absolute Gasteiger partial charge is 0.242 e. The fourth-order valence-corrected chi connectivity index (χ4v) is 2.01. The highest BCUT2D eigenvalue weighted by Gasteiger charge is 2.25. The zero-order valence-corrected chi connectivity index (χ0v) is 10.8. The summed E-state index contributed by atoms with van der Waals surface area (Å²) < 4.78 is 0. The van der Waals surface area contributed by atoms with Crippen LogP contribution in [0.25, 0.3) is 0 Å². The molecule has 1 aromatic heterocycles. The van der Waals surface area contributed by atoms with E-state index in [1.807, 2.05) is 17.9 Å². The van der Waals surface area contributed by atoms with Crippen molar-refractivity contribution in [1.82, 2.24) is 14.9 Å². The number of aromatic nitrogens is 2. The number of piperazine rings is 1. The summed E-state index contributed by atoms with van der Waals surface area (Å²) in [4.78, 5) is 23.7. The van der Waals surface area contributed by atoms with Gasteiger partial charge in [-0.25, -0.2) is 4.98 Å². The molecule has 1 aliphatic heterocycles. The minimum atomic E-state index is 0.0691. The van der Waals surface area contributed by atoms with Gasteiger partial charge in [-0.2, -0.15) is 10.2 Å². The SMILES string of the molecule is CCCN1CCN(c2ncc(C#N)c(N)n2)CC1=O. The van der Waals surface area contributed by atoms with Gasteiger partial charge in [-0.05, 0) is 6.42 Å². The van der Waals surface area contributed by atoms with E-state index in [0.717, 1.165) is 13.0 Å². The molecule has 2 heterocycles. The molecule has 7 heteroatoms. The molecule has 1 amide bonds. The van der Waals surface area contributed by atoms with Gasteiger partial charge in [0.15, 0.2) is 0 Å². The summed E-state index contributed by atoms with van der Waals surface area (Å²) in [5.41, 5.74) is 5.90. The molecule has 0 atom stereocenters. The Balaban J connectivity index is 2.10. The van der Waals surface area contributed by atoms with Gasteiger partial charge in [-0.3, -0.25) is 4.79 Å². The number of hydrogen-bond donors (Lipinski definition) is 1. The number of hydrogen-bond acceptors (Lipinski definition) is 6. The van der Waals surface area contributed by atoms with Crippen LogP contribution in [0.1, 0.15) is 18.9 Å². The van der Waals surface area contributed by atoms with Crippen LogP contribution in [0, 0.1) is 11.3 Å². The first-order chi connectivity index (χ1) is 9.15. The third-order valence-electron chi connectivity index (χ3n) is 3.02. The predicted octanol–water partition coefficient (Wildman–Crippen LogP) is -0.0109. The molecule has 100 valence electrons. The first kappa shape index (κ1) is 13.1. The van der Waals surface area contributed by atoms with Crippen molar-refractivity contribution < 1.29 is 4.79 Å². The summed E-state index contributed by atoms with van der Waals surface area (Å²) in [6.07, 6.45) is 2.34. The van der Waals surface area contributed by atoms with Crippen molar-refractivity contribution in [1.29, 1.82) is 5.26 Å². The molecule has 2 N–H and O–H groups in total. The predicted molar refractivity (Wildman–Crippen MR) is 70.2 cm³/mol. The van der Waals surface area contributed by atoms with Gasteiger partial charge in [0.05, 0.1) is 12.7 Å². The van der Waals surface area contributed by atoms with Crippen LogP contribution in [0.15, 0.2) is 6.20 Å². The largest absolute Gasteiger partial charge is 0.382 e. The zero-order chi connectivity index (χ0) is 13.8. The molecule has 1 aliphatic rings. The summed E-state index contributed by atoms with van der Waals surface area (Å²) >= 11 is 0. The number of anilines is 2. The Kier molecular flexibility index (Phi) is 3.80. The zero-order valence-electron chi connectivity index (χ0n) is 10.8. The lowest BCUT2D eigenvalue weighted by Crippen LogP contribution is -2.51. The van der Waals surface area contributed by atoms with Gasteiger partial charge in [0.25, 0.3) is 0 Å². The number of nitrogen functional groups attached to an aromatic ring is 1. The summed E-state index contributed by atoms with van der Waals surface area (Å²) in [7, 11) is 0. The van der Waals surface area contributed by atoms with Crippen LogP contribution in [0.3, 0.4) is 0 Å². The number of nitriles is 1. The molecule has 19 heavy (non-hydrogen) atoms. The second-order valence-corrected chi connectivity index (χ2v) is 4.38. The summed E-state index contributed by atoms with van der Waals surface area (Å²) in [5, 5.41) is 8.77. The number of nitrogens with zero attached hydrogens (tertiary/aromatic N) is 5. The number of amides is 1. The number of nitrogens with two attached hydrogens (primary N) is 1. The van der Waals surface area contributed by atoms with Crippen molar-refractivity contribution in [2.24, 2.45) is 0 Å². The second kappa shape index (κ2) is 5.52. The summed E-state index contributed by atoms with van der Waals surface area (Å²) in [6, 6.07) is 1.91. The molecule has 7 nitrogen and oxygen atoms in total. The molecule has 1 aromatic rings. The van der Waals surface area contributed by atoms with E-state index in [9.17, 15) is 4.79 Å². The van der Waals surface area contributed by atoms with Crippen molar-refractivity contribution >= 4 is 17.7 Å². The average Bonchev–Trinajstić information content (AvgIpc) is 2.41. The normalized spacial score (nSPS) is 15.5. The fourth-order valence-electron chi connectivity index (χ4n) is 2.01. The molecule has 0 aliphatic carbocycles. The molecule has 1 saturated heterocycles. The minimum Gasteiger partial charge on any atom is -0.382 e. The highest BCUT2D eigenvalue weighted by atomic mass is 16.2. The van der Waals surface area contributed by atoms with Crippen LogP contribution in [0.5, 0.6) is 0 Å². The van der Waals surface area contributed by atoms with Crippen LogP contribution in [0.2, 0.25) is 0 Å². The lowest BCUT2D eigenvalue weighted by molar-refractivity contribution is -0.131. The van der Waals surface area contributed by atoms with Crippen molar-refractivity contribution in [2.45, 2.75) is 13.3 Å². The van der Waals surface area contributed by atoms with Gasteiger partial charge in [0.2, 0.25) is 11.9 Å². The molecular formula is C12H16N6O. The standard InChI is InChI=1S/C12H16N6O/c1-2-3-17-4-5-18(8-10(17)19)12-15-7-9(6-13)11(14)16-12/h7H,2-5,8H2,1H3,(H2,14,15,16). The maximum Gasteiger partial charge on any atom is 0.242 e. The molecule has 0 radical (unpaired) electrons. The Morgan fingerprint density at radius 2 is 2.32 bits per heavy atom. The second-order valence-electron chi connectivity index (χ2n) is 4.38. The Hall–Kier alpha value is -2.36. The van der Waals surface area contributed by atoms with E-state index in [-0.39, 0.29) is 23.8 Å². The van der Waals surface area contributed by atoms with E-state index in [1.54, 1.807) is 4.90 Å². The fraction of sp³-hybridized carbons (Fsp3) is 0.500. The topological polar surface area (TPSA) is 99.1 Å². The van der Waals surface area contributed by atoms with Crippen LogP contribution < -0.4 is 10.6 Å². The van der Waals surface area contributed by atoms with E-state index in [4.69, 9.17) is 11.0 Å². The highest BCUT2D eigenvalue weighted by molar-refractivity contribution is 5.82. The molecular weight excluding hydrogens is 244 g/mol. The van der Waals surface area contributed by atoms with Crippen molar-refractivity contribution in [3.05, 3.63) is 11.8 Å². The van der Waals surface area contributed by atoms with Gasteiger partial charge >= 0.3 is 0 Å². The third-order valence-corrected chi connectivity index (χ3v) is 3.02. The van der Waals surface area contributed by atoms with Gasteiger partial charge < -0.3 is 15.5 Å². The van der Waals surface area contributed by atoms with Gasteiger partial charge in [-0.1, -0.05) is 6.92 Å². The van der Waals surface area contributed by atoms with E-state index >= 15 is 0 Å². The monoisotopic (exact) mass is 260 g/mol. The van der Waals surface area contributed by atoms with E-state index in [1.165, 1.54) is 6.20 Å². The molecule has 2 rings (SSSR count). The number of carbonyl (C=O) groups is 1. The van der Waals surface area contributed by atoms with Crippen LogP contribution >= 0.6 is 0 Å². The van der Waals surface area contributed by atoms with Crippen molar-refractivity contribution in [3.8, 4) is 6.07 Å². The lowest BCUT2D eigenvalue weighted by atomic mass is 10.3. The molecule has 0 saturated carbocycles. The van der Waals surface area contributed by atoms with Crippen LogP contribution in [-0.2, 0) is 4.79 Å². The van der Waals surface area contributed by atoms with E-state index in [0.29, 0.717) is 19.0 Å². The number of carbonyl (C=O) groups excluding carboxylic acids is 1. The van der Waals surface area contributed by atoms with Gasteiger partial charge in [0, 0.05) is 19.6 Å². The van der Waals surface area contributed by atoms with Crippen molar-refractivity contribution in [3.63, 3.8) is 0 Å². The molecule has 0 spiro atoms. The van der Waals surface area contributed by atoms with Crippen LogP contribution in [0.4, 0.5) is 11.8 Å². The molecule has 1 fully saturated rings. The summed E-state index contributed by atoms with van der Waals surface area (Å²) in [6.45, 7) is 4.42. The first-order valence-electron chi connectivity index (χ1n) is 6.21. The van der Waals surface area contributed by atoms with E-state index < -0.39 is 0 Å². The van der Waals surface area contributed by atoms with Crippen LogP contribution in [-0.4, -0.2) is 47.0 Å². The Morgan fingerprint density at radius 3 is 2.89 bits per heavy atom. The average molecular weight is 260 g/mol. The molecule has 0 aromatic carbocycles. The maximum atomic E-state index is 11.9. The Labute approximate surface area is 111 Å².